The predicted molar refractivity (Wildman–Crippen MR) is 59.3 cm³/mol. The smallest absolute Gasteiger partial charge is 0.131 e. The van der Waals surface area contributed by atoms with E-state index in [4.69, 9.17) is 10.5 Å². The summed E-state index contributed by atoms with van der Waals surface area (Å²) in [5.41, 5.74) is 6.28. The number of benzene rings is 1. The molecule has 15 heavy (non-hydrogen) atoms. The van der Waals surface area contributed by atoms with E-state index in [2.05, 4.69) is 0 Å². The summed E-state index contributed by atoms with van der Waals surface area (Å²) in [4.78, 5) is 0. The highest BCUT2D eigenvalue weighted by atomic mass is 19.1. The van der Waals surface area contributed by atoms with E-state index >= 15 is 0 Å². The lowest BCUT2D eigenvalue weighted by molar-refractivity contribution is 0.305. The zero-order valence-corrected chi connectivity index (χ0v) is 9.67. The van der Waals surface area contributed by atoms with E-state index in [0.717, 1.165) is 0 Å². The molecule has 1 aromatic rings. The number of halogens is 1. The zero-order chi connectivity index (χ0) is 11.6. The summed E-state index contributed by atoms with van der Waals surface area (Å²) in [6, 6.07) is 4.37. The van der Waals surface area contributed by atoms with Crippen LogP contribution in [0.15, 0.2) is 18.2 Å². The van der Waals surface area contributed by atoms with Crippen molar-refractivity contribution in [3.05, 3.63) is 29.6 Å². The van der Waals surface area contributed by atoms with Gasteiger partial charge in [-0.2, -0.15) is 0 Å². The Morgan fingerprint density at radius 1 is 1.33 bits per heavy atom. The van der Waals surface area contributed by atoms with Crippen LogP contribution in [0.3, 0.4) is 0 Å². The fraction of sp³-hybridized carbons (Fsp3) is 0.500. The van der Waals surface area contributed by atoms with E-state index in [0.29, 0.717) is 11.3 Å². The third-order valence-electron chi connectivity index (χ3n) is 2.48. The molecule has 3 heteroatoms. The van der Waals surface area contributed by atoms with E-state index in [-0.39, 0.29) is 17.3 Å². The Morgan fingerprint density at radius 3 is 2.40 bits per heavy atom. The molecule has 1 rings (SSSR count). The van der Waals surface area contributed by atoms with Gasteiger partial charge in [0.05, 0.1) is 7.11 Å². The van der Waals surface area contributed by atoms with E-state index in [1.165, 1.54) is 13.2 Å². The highest BCUT2D eigenvalue weighted by Gasteiger charge is 2.27. The van der Waals surface area contributed by atoms with Gasteiger partial charge < -0.3 is 10.5 Å². The van der Waals surface area contributed by atoms with Crippen molar-refractivity contribution in [3.8, 4) is 5.75 Å². The van der Waals surface area contributed by atoms with Gasteiger partial charge in [0.1, 0.15) is 11.6 Å². The average molecular weight is 211 g/mol. The van der Waals surface area contributed by atoms with Crippen LogP contribution in [0.2, 0.25) is 0 Å². The highest BCUT2D eigenvalue weighted by Crippen LogP contribution is 2.36. The van der Waals surface area contributed by atoms with Crippen molar-refractivity contribution in [1.29, 1.82) is 0 Å². The number of hydrogen-bond donors (Lipinski definition) is 1. The van der Waals surface area contributed by atoms with E-state index in [9.17, 15) is 4.39 Å². The molecule has 0 spiro atoms. The minimum Gasteiger partial charge on any atom is -0.496 e. The molecule has 2 nitrogen and oxygen atoms in total. The van der Waals surface area contributed by atoms with Crippen LogP contribution in [0.5, 0.6) is 5.75 Å². The Bertz CT molecular complexity index is 344. The van der Waals surface area contributed by atoms with Gasteiger partial charge in [-0.25, -0.2) is 4.39 Å². The Kier molecular flexibility index (Phi) is 3.35. The third-order valence-corrected chi connectivity index (χ3v) is 2.48. The van der Waals surface area contributed by atoms with Crippen molar-refractivity contribution in [2.45, 2.75) is 26.8 Å². The van der Waals surface area contributed by atoms with Crippen LogP contribution in [0.4, 0.5) is 4.39 Å². The molecule has 1 unspecified atom stereocenters. The Morgan fingerprint density at radius 2 is 1.93 bits per heavy atom. The van der Waals surface area contributed by atoms with Gasteiger partial charge in [0, 0.05) is 11.6 Å². The summed E-state index contributed by atoms with van der Waals surface area (Å²) in [6.07, 6.45) is 0. The lowest BCUT2D eigenvalue weighted by Crippen LogP contribution is -2.27. The molecule has 0 saturated carbocycles. The number of hydrogen-bond acceptors (Lipinski definition) is 2. The van der Waals surface area contributed by atoms with Gasteiger partial charge in [0.15, 0.2) is 0 Å². The molecule has 1 aromatic carbocycles. The van der Waals surface area contributed by atoms with E-state index in [1.807, 2.05) is 20.8 Å². The van der Waals surface area contributed by atoms with Crippen LogP contribution >= 0.6 is 0 Å². The molecule has 84 valence electrons. The standard InChI is InChI=1S/C12H18FNO/c1-12(2,3)11(14)10-8(13)6-5-7-9(10)15-4/h5-7,11H,14H2,1-4H3. The minimum atomic E-state index is -0.381. The quantitative estimate of drug-likeness (QED) is 0.816. The zero-order valence-electron chi connectivity index (χ0n) is 9.67. The topological polar surface area (TPSA) is 35.2 Å². The molecule has 0 aliphatic carbocycles. The van der Waals surface area contributed by atoms with Crippen molar-refractivity contribution in [2.24, 2.45) is 11.1 Å². The van der Waals surface area contributed by atoms with Gasteiger partial charge in [0.2, 0.25) is 0 Å². The second-order valence-corrected chi connectivity index (χ2v) is 4.70. The first kappa shape index (κ1) is 12.0. The molecular weight excluding hydrogens is 193 g/mol. The molecule has 0 saturated heterocycles. The van der Waals surface area contributed by atoms with Gasteiger partial charge >= 0.3 is 0 Å². The minimum absolute atomic E-state index is 0.199. The Balaban J connectivity index is 3.23. The number of methoxy groups -OCH3 is 1. The SMILES string of the molecule is COc1cccc(F)c1C(N)C(C)(C)C. The predicted octanol–water partition coefficient (Wildman–Crippen LogP) is 2.88. The molecular formula is C12H18FNO. The van der Waals surface area contributed by atoms with Crippen molar-refractivity contribution in [2.75, 3.05) is 7.11 Å². The monoisotopic (exact) mass is 211 g/mol. The molecule has 1 atom stereocenters. The molecule has 0 radical (unpaired) electrons. The maximum atomic E-state index is 13.7. The van der Waals surface area contributed by atoms with E-state index in [1.54, 1.807) is 12.1 Å². The number of nitrogens with two attached hydrogens (primary N) is 1. The summed E-state index contributed by atoms with van der Waals surface area (Å²) < 4.78 is 18.8. The first-order valence-corrected chi connectivity index (χ1v) is 4.96. The van der Waals surface area contributed by atoms with Crippen LogP contribution < -0.4 is 10.5 Å². The number of rotatable bonds is 2. The maximum absolute atomic E-state index is 13.7. The summed E-state index contributed by atoms with van der Waals surface area (Å²) in [5.74, 6) is 0.203. The average Bonchev–Trinajstić information content (AvgIpc) is 2.15. The maximum Gasteiger partial charge on any atom is 0.131 e. The summed E-state index contributed by atoms with van der Waals surface area (Å²) in [5, 5.41) is 0. The van der Waals surface area contributed by atoms with Gasteiger partial charge in [-0.3, -0.25) is 0 Å². The van der Waals surface area contributed by atoms with Gasteiger partial charge in [0.25, 0.3) is 0 Å². The van der Waals surface area contributed by atoms with Crippen LogP contribution in [-0.2, 0) is 0 Å². The second kappa shape index (κ2) is 4.19. The molecule has 0 aliphatic rings. The molecule has 0 bridgehead atoms. The molecule has 0 aromatic heterocycles. The lowest BCUT2D eigenvalue weighted by atomic mass is 9.82. The first-order valence-electron chi connectivity index (χ1n) is 4.96. The van der Waals surface area contributed by atoms with Crippen molar-refractivity contribution in [3.63, 3.8) is 0 Å². The Labute approximate surface area is 90.2 Å². The van der Waals surface area contributed by atoms with Crippen molar-refractivity contribution >= 4 is 0 Å². The largest absolute Gasteiger partial charge is 0.496 e. The van der Waals surface area contributed by atoms with Gasteiger partial charge in [-0.15, -0.1) is 0 Å². The first-order chi connectivity index (χ1) is 6.88. The molecule has 0 amide bonds. The highest BCUT2D eigenvalue weighted by molar-refractivity contribution is 5.37. The lowest BCUT2D eigenvalue weighted by Gasteiger charge is -2.28. The van der Waals surface area contributed by atoms with Crippen LogP contribution in [0, 0.1) is 11.2 Å². The van der Waals surface area contributed by atoms with Gasteiger partial charge in [-0.1, -0.05) is 26.8 Å². The summed E-state index contributed by atoms with van der Waals surface area (Å²) >= 11 is 0. The second-order valence-electron chi connectivity index (χ2n) is 4.70. The van der Waals surface area contributed by atoms with Crippen LogP contribution in [0.1, 0.15) is 32.4 Å². The van der Waals surface area contributed by atoms with Crippen LogP contribution in [-0.4, -0.2) is 7.11 Å². The van der Waals surface area contributed by atoms with Crippen LogP contribution in [0.25, 0.3) is 0 Å². The fourth-order valence-electron chi connectivity index (χ4n) is 1.43. The summed E-state index contributed by atoms with van der Waals surface area (Å²) in [7, 11) is 1.52. The third kappa shape index (κ3) is 2.48. The number of ether oxygens (including phenoxy) is 1. The molecule has 2 N–H and O–H groups in total. The van der Waals surface area contributed by atoms with Gasteiger partial charge in [-0.05, 0) is 17.5 Å². The Hall–Kier alpha value is -1.09. The molecule has 0 heterocycles. The normalized spacial score (nSPS) is 13.7. The summed E-state index contributed by atoms with van der Waals surface area (Å²) in [6.45, 7) is 5.93. The molecule has 0 fully saturated rings. The molecule has 0 aliphatic heterocycles. The fourth-order valence-corrected chi connectivity index (χ4v) is 1.43. The van der Waals surface area contributed by atoms with E-state index < -0.39 is 0 Å². The van der Waals surface area contributed by atoms with Crippen molar-refractivity contribution in [1.82, 2.24) is 0 Å². The van der Waals surface area contributed by atoms with Crippen molar-refractivity contribution < 1.29 is 9.13 Å².